The van der Waals surface area contributed by atoms with Crippen molar-refractivity contribution in [2.75, 3.05) is 11.4 Å². The minimum Gasteiger partial charge on any atom is -0.376 e. The molecule has 0 aliphatic rings. The van der Waals surface area contributed by atoms with Crippen LogP contribution in [-0.4, -0.2) is 17.6 Å². The van der Waals surface area contributed by atoms with Gasteiger partial charge in [0.1, 0.15) is 6.54 Å². The van der Waals surface area contributed by atoms with E-state index < -0.39 is 0 Å². The Morgan fingerprint density at radius 3 is 2.47 bits per heavy atom. The number of carbonyl (C=O) groups is 1. The second kappa shape index (κ2) is 5.28. The molecule has 15 heavy (non-hydrogen) atoms. The smallest absolute Gasteiger partial charge is 0.253 e. The van der Waals surface area contributed by atoms with Crippen molar-refractivity contribution in [2.45, 2.75) is 0 Å². The van der Waals surface area contributed by atoms with Gasteiger partial charge >= 0.3 is 0 Å². The molecular formula is C9H12N4OS. The van der Waals surface area contributed by atoms with Gasteiger partial charge in [-0.3, -0.25) is 10.2 Å². The van der Waals surface area contributed by atoms with Gasteiger partial charge in [0.15, 0.2) is 5.11 Å². The van der Waals surface area contributed by atoms with Crippen molar-refractivity contribution in [3.05, 3.63) is 30.3 Å². The molecule has 0 saturated carbocycles. The largest absolute Gasteiger partial charge is 0.376 e. The van der Waals surface area contributed by atoms with Crippen molar-refractivity contribution in [2.24, 2.45) is 11.6 Å². The van der Waals surface area contributed by atoms with E-state index in [1.54, 1.807) is 0 Å². The van der Waals surface area contributed by atoms with E-state index >= 15 is 0 Å². The number of para-hydroxylation sites is 1. The molecule has 0 aliphatic heterocycles. The minimum absolute atomic E-state index is 0.00977. The summed E-state index contributed by atoms with van der Waals surface area (Å²) >= 11 is 4.85. The lowest BCUT2D eigenvalue weighted by molar-refractivity contribution is -0.119. The third-order valence-corrected chi connectivity index (χ3v) is 2.02. The lowest BCUT2D eigenvalue weighted by atomic mass is 10.3. The van der Waals surface area contributed by atoms with Gasteiger partial charge in [0.25, 0.3) is 5.91 Å². The fraction of sp³-hybridized carbons (Fsp3) is 0.111. The number of amides is 1. The summed E-state index contributed by atoms with van der Waals surface area (Å²) in [5, 5.41) is 0.129. The van der Waals surface area contributed by atoms with Crippen LogP contribution in [0.15, 0.2) is 30.3 Å². The Balaban J connectivity index is 2.84. The Morgan fingerprint density at radius 2 is 2.00 bits per heavy atom. The molecule has 5 nitrogen and oxygen atoms in total. The molecule has 80 valence electrons. The number of hydrogen-bond acceptors (Lipinski definition) is 3. The molecule has 0 aliphatic carbocycles. The van der Waals surface area contributed by atoms with E-state index in [9.17, 15) is 4.79 Å². The number of thiocarbonyl (C=S) groups is 1. The number of nitrogens with zero attached hydrogens (tertiary/aromatic N) is 1. The van der Waals surface area contributed by atoms with E-state index in [2.05, 4.69) is 0 Å². The normalized spacial score (nSPS) is 9.40. The van der Waals surface area contributed by atoms with Crippen LogP contribution in [0.4, 0.5) is 5.69 Å². The highest BCUT2D eigenvalue weighted by molar-refractivity contribution is 7.80. The molecule has 1 aromatic rings. The number of anilines is 1. The molecule has 0 radical (unpaired) electrons. The molecule has 0 heterocycles. The van der Waals surface area contributed by atoms with Crippen molar-refractivity contribution < 1.29 is 4.79 Å². The summed E-state index contributed by atoms with van der Waals surface area (Å²) in [5.74, 6) is 4.63. The molecule has 0 unspecified atom stereocenters. The van der Waals surface area contributed by atoms with Crippen molar-refractivity contribution in [3.8, 4) is 0 Å². The maximum Gasteiger partial charge on any atom is 0.253 e. The summed E-state index contributed by atoms with van der Waals surface area (Å²) in [7, 11) is 0. The van der Waals surface area contributed by atoms with E-state index in [1.807, 2.05) is 35.8 Å². The summed E-state index contributed by atoms with van der Waals surface area (Å²) in [4.78, 5) is 12.6. The van der Waals surface area contributed by atoms with Crippen LogP contribution in [0.3, 0.4) is 0 Å². The van der Waals surface area contributed by atoms with Crippen molar-refractivity contribution in [1.82, 2.24) is 5.43 Å². The molecule has 0 bridgehead atoms. The van der Waals surface area contributed by atoms with Crippen LogP contribution in [0.5, 0.6) is 0 Å². The highest BCUT2D eigenvalue weighted by atomic mass is 32.1. The van der Waals surface area contributed by atoms with Gasteiger partial charge in [0.2, 0.25) is 0 Å². The third-order valence-electron chi connectivity index (χ3n) is 1.80. The Morgan fingerprint density at radius 1 is 1.40 bits per heavy atom. The molecule has 1 aromatic carbocycles. The van der Waals surface area contributed by atoms with Crippen LogP contribution in [0.25, 0.3) is 0 Å². The number of benzene rings is 1. The lowest BCUT2D eigenvalue weighted by Crippen LogP contribution is -2.45. The Hall–Kier alpha value is -1.66. The first-order chi connectivity index (χ1) is 7.15. The zero-order chi connectivity index (χ0) is 11.3. The van der Waals surface area contributed by atoms with E-state index in [-0.39, 0.29) is 17.6 Å². The fourth-order valence-corrected chi connectivity index (χ4v) is 1.26. The van der Waals surface area contributed by atoms with Crippen LogP contribution < -0.4 is 21.9 Å². The predicted molar refractivity (Wildman–Crippen MR) is 62.9 cm³/mol. The van der Waals surface area contributed by atoms with E-state index in [4.69, 9.17) is 23.8 Å². The first kappa shape index (κ1) is 11.4. The van der Waals surface area contributed by atoms with E-state index in [0.29, 0.717) is 0 Å². The monoisotopic (exact) mass is 224 g/mol. The minimum atomic E-state index is -0.355. The van der Waals surface area contributed by atoms with Gasteiger partial charge in [-0.2, -0.15) is 0 Å². The summed E-state index contributed by atoms with van der Waals surface area (Å²) < 4.78 is 0. The molecule has 5 N–H and O–H groups in total. The molecule has 0 fully saturated rings. The maximum atomic E-state index is 11.1. The van der Waals surface area contributed by atoms with Crippen LogP contribution in [0.2, 0.25) is 0 Å². The molecule has 6 heteroatoms. The quantitative estimate of drug-likeness (QED) is 0.285. The average molecular weight is 224 g/mol. The first-order valence-electron chi connectivity index (χ1n) is 4.26. The number of hydrogen-bond donors (Lipinski definition) is 3. The Labute approximate surface area is 93.0 Å². The van der Waals surface area contributed by atoms with Gasteiger partial charge in [0, 0.05) is 5.69 Å². The first-order valence-corrected chi connectivity index (χ1v) is 4.67. The summed E-state index contributed by atoms with van der Waals surface area (Å²) in [6.07, 6.45) is 0. The standard InChI is InChI=1S/C9H12N4OS/c10-9(15)13(6-8(14)12-11)7-4-2-1-3-5-7/h1-5H,6,11H2,(H2,10,15)(H,12,14). The van der Waals surface area contributed by atoms with Gasteiger partial charge in [-0.25, -0.2) is 5.84 Å². The summed E-state index contributed by atoms with van der Waals surface area (Å²) in [6.45, 7) is 0.00977. The Kier molecular flexibility index (Phi) is 4.02. The van der Waals surface area contributed by atoms with Gasteiger partial charge in [-0.05, 0) is 24.4 Å². The highest BCUT2D eigenvalue weighted by Crippen LogP contribution is 2.12. The van der Waals surface area contributed by atoms with E-state index in [1.165, 1.54) is 4.90 Å². The second-order valence-electron chi connectivity index (χ2n) is 2.83. The van der Waals surface area contributed by atoms with Gasteiger partial charge in [-0.1, -0.05) is 18.2 Å². The molecule has 1 amide bonds. The van der Waals surface area contributed by atoms with Gasteiger partial charge in [-0.15, -0.1) is 0 Å². The average Bonchev–Trinajstić information content (AvgIpc) is 2.26. The number of hydrazine groups is 1. The summed E-state index contributed by atoms with van der Waals surface area (Å²) in [6, 6.07) is 9.15. The van der Waals surface area contributed by atoms with Gasteiger partial charge in [0.05, 0.1) is 0 Å². The number of rotatable bonds is 3. The second-order valence-corrected chi connectivity index (χ2v) is 3.25. The zero-order valence-electron chi connectivity index (χ0n) is 8.01. The number of carbonyl (C=O) groups excluding carboxylic acids is 1. The van der Waals surface area contributed by atoms with Crippen LogP contribution >= 0.6 is 12.2 Å². The molecule has 0 saturated heterocycles. The topological polar surface area (TPSA) is 84.4 Å². The van der Waals surface area contributed by atoms with Crippen LogP contribution in [-0.2, 0) is 4.79 Å². The third kappa shape index (κ3) is 3.19. The molecule has 1 rings (SSSR count). The van der Waals surface area contributed by atoms with Crippen molar-refractivity contribution in [1.29, 1.82) is 0 Å². The fourth-order valence-electron chi connectivity index (χ4n) is 1.09. The molecule has 0 spiro atoms. The SMILES string of the molecule is NNC(=O)CN(C(N)=S)c1ccccc1. The van der Waals surface area contributed by atoms with Crippen molar-refractivity contribution in [3.63, 3.8) is 0 Å². The maximum absolute atomic E-state index is 11.1. The molecule has 0 atom stereocenters. The molecular weight excluding hydrogens is 212 g/mol. The number of nitrogens with two attached hydrogens (primary N) is 2. The van der Waals surface area contributed by atoms with Crippen LogP contribution in [0.1, 0.15) is 0 Å². The highest BCUT2D eigenvalue weighted by Gasteiger charge is 2.12. The Bertz CT molecular complexity index is 354. The van der Waals surface area contributed by atoms with E-state index in [0.717, 1.165) is 5.69 Å². The predicted octanol–water partition coefficient (Wildman–Crippen LogP) is -0.273. The van der Waals surface area contributed by atoms with Gasteiger partial charge < -0.3 is 10.6 Å². The number of nitrogens with one attached hydrogen (secondary N) is 1. The lowest BCUT2D eigenvalue weighted by Gasteiger charge is -2.21. The molecule has 0 aromatic heterocycles. The summed E-state index contributed by atoms with van der Waals surface area (Å²) in [5.41, 5.74) is 8.29. The zero-order valence-corrected chi connectivity index (χ0v) is 8.83. The van der Waals surface area contributed by atoms with Crippen LogP contribution in [0, 0.1) is 0 Å². The van der Waals surface area contributed by atoms with Crippen molar-refractivity contribution >= 4 is 28.9 Å².